The lowest BCUT2D eigenvalue weighted by Gasteiger charge is -2.34. The van der Waals surface area contributed by atoms with Crippen molar-refractivity contribution in [3.63, 3.8) is 0 Å². The molecule has 2 rings (SSSR count). The molecular weight excluding hydrogens is 236 g/mol. The predicted octanol–water partition coefficient (Wildman–Crippen LogP) is 2.02. The van der Waals surface area contributed by atoms with Gasteiger partial charge in [0.2, 0.25) is 5.91 Å². The Labute approximate surface area is 108 Å². The van der Waals surface area contributed by atoms with E-state index in [-0.39, 0.29) is 18.3 Å². The first-order valence-electron chi connectivity index (χ1n) is 5.77. The highest BCUT2D eigenvalue weighted by Gasteiger charge is 2.28. The van der Waals surface area contributed by atoms with E-state index in [0.717, 1.165) is 24.3 Å². The number of rotatable bonds is 3. The van der Waals surface area contributed by atoms with Gasteiger partial charge in [0.05, 0.1) is 0 Å². The first kappa shape index (κ1) is 14.0. The van der Waals surface area contributed by atoms with Crippen LogP contribution in [0.3, 0.4) is 0 Å². The molecule has 3 N–H and O–H groups in total. The predicted molar refractivity (Wildman–Crippen MR) is 70.9 cm³/mol. The van der Waals surface area contributed by atoms with Crippen LogP contribution >= 0.6 is 12.4 Å². The van der Waals surface area contributed by atoms with E-state index in [0.29, 0.717) is 6.04 Å². The van der Waals surface area contributed by atoms with Crippen LogP contribution in [0.5, 0.6) is 0 Å². The molecule has 94 valence electrons. The summed E-state index contributed by atoms with van der Waals surface area (Å²) < 4.78 is 0. The third kappa shape index (κ3) is 3.45. The van der Waals surface area contributed by atoms with Gasteiger partial charge >= 0.3 is 0 Å². The molecule has 4 heteroatoms. The van der Waals surface area contributed by atoms with Gasteiger partial charge in [0.1, 0.15) is 6.04 Å². The standard InChI is InChI=1S/C13H18N2O.ClH/c1-9-7-11(8-9)15-13(16)12(14)10-5-3-2-4-6-10;/h2-6,9,11-12H,7-8,14H2,1H3,(H,15,16);1H. The Morgan fingerprint density at radius 3 is 2.47 bits per heavy atom. The summed E-state index contributed by atoms with van der Waals surface area (Å²) in [6, 6.07) is 9.26. The number of amides is 1. The largest absolute Gasteiger partial charge is 0.352 e. The molecule has 1 unspecified atom stereocenters. The highest BCUT2D eigenvalue weighted by atomic mass is 35.5. The van der Waals surface area contributed by atoms with Crippen LogP contribution in [0.2, 0.25) is 0 Å². The molecule has 0 radical (unpaired) electrons. The average molecular weight is 255 g/mol. The molecule has 1 aromatic carbocycles. The second-order valence-electron chi connectivity index (χ2n) is 4.67. The van der Waals surface area contributed by atoms with Crippen molar-refractivity contribution in [3.8, 4) is 0 Å². The van der Waals surface area contributed by atoms with Crippen molar-refractivity contribution in [2.45, 2.75) is 31.8 Å². The van der Waals surface area contributed by atoms with E-state index in [1.54, 1.807) is 0 Å². The summed E-state index contributed by atoms with van der Waals surface area (Å²) in [5.74, 6) is 0.668. The molecule has 1 aliphatic carbocycles. The SMILES string of the molecule is CC1CC(NC(=O)C(N)c2ccccc2)C1.Cl. The maximum atomic E-state index is 11.8. The zero-order valence-electron chi connectivity index (χ0n) is 9.93. The number of hydrogen-bond donors (Lipinski definition) is 2. The Kier molecular flexibility index (Phi) is 4.97. The monoisotopic (exact) mass is 254 g/mol. The minimum Gasteiger partial charge on any atom is -0.352 e. The molecule has 0 aliphatic heterocycles. The Bertz CT molecular complexity index is 363. The van der Waals surface area contributed by atoms with Crippen molar-refractivity contribution in [2.24, 2.45) is 11.7 Å². The van der Waals surface area contributed by atoms with E-state index in [1.165, 1.54) is 0 Å². The lowest BCUT2D eigenvalue weighted by atomic mass is 9.82. The van der Waals surface area contributed by atoms with Crippen LogP contribution in [-0.2, 0) is 4.79 Å². The van der Waals surface area contributed by atoms with Gasteiger partial charge in [-0.25, -0.2) is 0 Å². The van der Waals surface area contributed by atoms with E-state index in [1.807, 2.05) is 30.3 Å². The molecule has 1 aliphatic rings. The zero-order valence-corrected chi connectivity index (χ0v) is 10.7. The quantitative estimate of drug-likeness (QED) is 0.867. The van der Waals surface area contributed by atoms with Gasteiger partial charge in [0.25, 0.3) is 0 Å². The van der Waals surface area contributed by atoms with Crippen molar-refractivity contribution in [1.82, 2.24) is 5.32 Å². The van der Waals surface area contributed by atoms with Crippen LogP contribution in [0.25, 0.3) is 0 Å². The van der Waals surface area contributed by atoms with Crippen molar-refractivity contribution in [3.05, 3.63) is 35.9 Å². The van der Waals surface area contributed by atoms with Gasteiger partial charge in [-0.05, 0) is 24.3 Å². The summed E-state index contributed by atoms with van der Waals surface area (Å²) in [6.45, 7) is 2.19. The number of nitrogens with two attached hydrogens (primary N) is 1. The summed E-state index contributed by atoms with van der Waals surface area (Å²) in [6.07, 6.45) is 2.15. The van der Waals surface area contributed by atoms with Crippen LogP contribution in [0.4, 0.5) is 0 Å². The lowest BCUT2D eigenvalue weighted by molar-refractivity contribution is -0.124. The van der Waals surface area contributed by atoms with Crippen LogP contribution in [-0.4, -0.2) is 11.9 Å². The number of halogens is 1. The number of nitrogens with one attached hydrogen (secondary N) is 1. The van der Waals surface area contributed by atoms with Crippen LogP contribution in [0.1, 0.15) is 31.4 Å². The van der Waals surface area contributed by atoms with Gasteiger partial charge in [-0.3, -0.25) is 4.79 Å². The fourth-order valence-corrected chi connectivity index (χ4v) is 2.12. The zero-order chi connectivity index (χ0) is 11.5. The first-order chi connectivity index (χ1) is 7.66. The second kappa shape index (κ2) is 6.03. The highest BCUT2D eigenvalue weighted by molar-refractivity contribution is 5.85. The maximum absolute atomic E-state index is 11.8. The first-order valence-corrected chi connectivity index (χ1v) is 5.77. The van der Waals surface area contributed by atoms with E-state index in [9.17, 15) is 4.79 Å². The molecule has 0 heterocycles. The molecule has 1 amide bonds. The third-order valence-electron chi connectivity index (χ3n) is 3.16. The van der Waals surface area contributed by atoms with Crippen molar-refractivity contribution in [2.75, 3.05) is 0 Å². The Balaban J connectivity index is 0.00000144. The van der Waals surface area contributed by atoms with Gasteiger partial charge in [-0.2, -0.15) is 0 Å². The minimum atomic E-state index is -0.544. The molecule has 1 saturated carbocycles. The molecule has 0 aromatic heterocycles. The topological polar surface area (TPSA) is 55.1 Å². The van der Waals surface area contributed by atoms with E-state index < -0.39 is 6.04 Å². The number of carbonyl (C=O) groups excluding carboxylic acids is 1. The van der Waals surface area contributed by atoms with Gasteiger partial charge in [0.15, 0.2) is 0 Å². The van der Waals surface area contributed by atoms with Crippen LogP contribution in [0, 0.1) is 5.92 Å². The van der Waals surface area contributed by atoms with Gasteiger partial charge in [-0.15, -0.1) is 12.4 Å². The van der Waals surface area contributed by atoms with E-state index in [2.05, 4.69) is 12.2 Å². The van der Waals surface area contributed by atoms with Crippen LogP contribution in [0.15, 0.2) is 30.3 Å². The third-order valence-corrected chi connectivity index (χ3v) is 3.16. The Hall–Kier alpha value is -1.06. The minimum absolute atomic E-state index is 0. The summed E-state index contributed by atoms with van der Waals surface area (Å²) in [4.78, 5) is 11.8. The lowest BCUT2D eigenvalue weighted by Crippen LogP contribution is -2.46. The number of benzene rings is 1. The normalized spacial score (nSPS) is 24.1. The summed E-state index contributed by atoms with van der Waals surface area (Å²) in [5.41, 5.74) is 6.76. The maximum Gasteiger partial charge on any atom is 0.241 e. The molecule has 17 heavy (non-hydrogen) atoms. The Morgan fingerprint density at radius 1 is 1.35 bits per heavy atom. The van der Waals surface area contributed by atoms with Crippen molar-refractivity contribution >= 4 is 18.3 Å². The molecule has 1 fully saturated rings. The average Bonchev–Trinajstić information content (AvgIpc) is 2.27. The summed E-state index contributed by atoms with van der Waals surface area (Å²) >= 11 is 0. The summed E-state index contributed by atoms with van der Waals surface area (Å²) in [7, 11) is 0. The molecule has 0 bridgehead atoms. The fraction of sp³-hybridized carbons (Fsp3) is 0.462. The molecular formula is C13H19ClN2O. The summed E-state index contributed by atoms with van der Waals surface area (Å²) in [5, 5.41) is 2.98. The molecule has 1 aromatic rings. The number of hydrogen-bond acceptors (Lipinski definition) is 2. The van der Waals surface area contributed by atoms with Gasteiger partial charge < -0.3 is 11.1 Å². The smallest absolute Gasteiger partial charge is 0.241 e. The van der Waals surface area contributed by atoms with E-state index in [4.69, 9.17) is 5.73 Å². The van der Waals surface area contributed by atoms with Crippen molar-refractivity contribution in [1.29, 1.82) is 0 Å². The molecule has 3 nitrogen and oxygen atoms in total. The molecule has 0 saturated heterocycles. The fourth-order valence-electron chi connectivity index (χ4n) is 2.12. The Morgan fingerprint density at radius 2 is 1.94 bits per heavy atom. The molecule has 0 spiro atoms. The second-order valence-corrected chi connectivity index (χ2v) is 4.67. The van der Waals surface area contributed by atoms with Crippen molar-refractivity contribution < 1.29 is 4.79 Å². The van der Waals surface area contributed by atoms with Gasteiger partial charge in [-0.1, -0.05) is 37.3 Å². The highest BCUT2D eigenvalue weighted by Crippen LogP contribution is 2.26. The number of carbonyl (C=O) groups is 1. The van der Waals surface area contributed by atoms with E-state index >= 15 is 0 Å². The van der Waals surface area contributed by atoms with Gasteiger partial charge in [0, 0.05) is 6.04 Å². The van der Waals surface area contributed by atoms with Crippen LogP contribution < -0.4 is 11.1 Å². The molecule has 1 atom stereocenters.